The highest BCUT2D eigenvalue weighted by Crippen LogP contribution is 2.42. The average Bonchev–Trinajstić information content (AvgIpc) is 2.80. The summed E-state index contributed by atoms with van der Waals surface area (Å²) in [4.78, 5) is -0.0950. The van der Waals surface area contributed by atoms with Gasteiger partial charge in [-0.25, -0.2) is 0 Å². The van der Waals surface area contributed by atoms with E-state index < -0.39 is 0 Å². The molecule has 0 amide bonds. The van der Waals surface area contributed by atoms with E-state index in [-0.39, 0.29) is 4.83 Å². The van der Waals surface area contributed by atoms with Crippen molar-refractivity contribution in [1.82, 2.24) is 0 Å². The maximum atomic E-state index is 6.05. The fraction of sp³-hybridized carbons (Fsp3) is 0.167. The first-order valence-electron chi connectivity index (χ1n) is 4.84. The van der Waals surface area contributed by atoms with Crippen LogP contribution in [-0.4, -0.2) is 7.11 Å². The first-order valence-corrected chi connectivity index (χ1v) is 6.92. The third-order valence-electron chi connectivity index (χ3n) is 2.31. The summed E-state index contributed by atoms with van der Waals surface area (Å²) < 4.78 is 11.6. The molecule has 0 saturated carbocycles. The van der Waals surface area contributed by atoms with Crippen LogP contribution < -0.4 is 4.74 Å². The number of ether oxygens (including phenoxy) is 1. The van der Waals surface area contributed by atoms with Gasteiger partial charge in [-0.1, -0.05) is 27.5 Å². The number of halogens is 3. The second-order valence-electron chi connectivity index (χ2n) is 3.39. The van der Waals surface area contributed by atoms with Gasteiger partial charge >= 0.3 is 0 Å². The zero-order chi connectivity index (χ0) is 12.4. The van der Waals surface area contributed by atoms with Crippen LogP contribution in [0.3, 0.4) is 0 Å². The summed E-state index contributed by atoms with van der Waals surface area (Å²) in [7, 11) is 1.62. The number of methoxy groups -OCH3 is 1. The Balaban J connectivity index is 2.50. The Hall–Kier alpha value is -0.450. The standard InChI is InChI=1S/C12H9Br2ClO2/c1-16-12-8(5-7(15)6-9(12)13)11(14)10-3-2-4-17-10/h2-6,11H,1H3. The molecule has 17 heavy (non-hydrogen) atoms. The number of furan rings is 1. The molecule has 1 aromatic carbocycles. The molecule has 2 aromatic rings. The summed E-state index contributed by atoms with van der Waals surface area (Å²) in [5.74, 6) is 1.55. The van der Waals surface area contributed by atoms with E-state index in [0.717, 1.165) is 21.5 Å². The van der Waals surface area contributed by atoms with Crippen molar-refractivity contribution >= 4 is 43.5 Å². The van der Waals surface area contributed by atoms with Crippen molar-refractivity contribution in [3.05, 3.63) is 51.3 Å². The summed E-state index contributed by atoms with van der Waals surface area (Å²) in [5, 5.41) is 0.642. The molecule has 0 aliphatic carbocycles. The zero-order valence-corrected chi connectivity index (χ0v) is 12.8. The second kappa shape index (κ2) is 5.46. The fourth-order valence-corrected chi connectivity index (χ4v) is 3.17. The minimum absolute atomic E-state index is 0.0950. The van der Waals surface area contributed by atoms with Crippen LogP contribution in [0.1, 0.15) is 16.2 Å². The highest BCUT2D eigenvalue weighted by Gasteiger charge is 2.20. The lowest BCUT2D eigenvalue weighted by molar-refractivity contribution is 0.406. The first-order chi connectivity index (χ1) is 8.13. The third-order valence-corrected chi connectivity index (χ3v) is 4.06. The van der Waals surface area contributed by atoms with Crippen LogP contribution in [0, 0.1) is 0 Å². The van der Waals surface area contributed by atoms with Gasteiger partial charge in [-0.05, 0) is 40.2 Å². The highest BCUT2D eigenvalue weighted by molar-refractivity contribution is 9.10. The van der Waals surface area contributed by atoms with E-state index in [1.807, 2.05) is 18.2 Å². The summed E-state index contributed by atoms with van der Waals surface area (Å²) in [6.45, 7) is 0. The molecule has 0 radical (unpaired) electrons. The zero-order valence-electron chi connectivity index (χ0n) is 8.91. The van der Waals surface area contributed by atoms with E-state index in [2.05, 4.69) is 31.9 Å². The maximum absolute atomic E-state index is 6.05. The SMILES string of the molecule is COc1c(Br)cc(Cl)cc1C(Br)c1ccco1. The van der Waals surface area contributed by atoms with Crippen LogP contribution in [0.4, 0.5) is 0 Å². The van der Waals surface area contributed by atoms with Crippen molar-refractivity contribution in [3.8, 4) is 5.75 Å². The van der Waals surface area contributed by atoms with Gasteiger partial charge in [0.25, 0.3) is 0 Å². The van der Waals surface area contributed by atoms with E-state index in [1.165, 1.54) is 0 Å². The molecule has 1 atom stereocenters. The van der Waals surface area contributed by atoms with Gasteiger partial charge in [0, 0.05) is 10.6 Å². The summed E-state index contributed by atoms with van der Waals surface area (Å²) >= 11 is 13.1. The van der Waals surface area contributed by atoms with Crippen molar-refractivity contribution in [2.75, 3.05) is 7.11 Å². The molecular weight excluding hydrogens is 371 g/mol. The van der Waals surface area contributed by atoms with Gasteiger partial charge in [0.05, 0.1) is 17.8 Å². The normalized spacial score (nSPS) is 12.5. The molecule has 5 heteroatoms. The van der Waals surface area contributed by atoms with Crippen molar-refractivity contribution in [3.63, 3.8) is 0 Å². The second-order valence-corrected chi connectivity index (χ2v) is 5.59. The Morgan fingerprint density at radius 2 is 2.18 bits per heavy atom. The van der Waals surface area contributed by atoms with Gasteiger partial charge in [0.1, 0.15) is 16.3 Å². The van der Waals surface area contributed by atoms with Crippen LogP contribution in [0.5, 0.6) is 5.75 Å². The van der Waals surface area contributed by atoms with E-state index in [1.54, 1.807) is 19.4 Å². The molecule has 2 rings (SSSR count). The minimum Gasteiger partial charge on any atom is -0.495 e. The number of hydrogen-bond acceptors (Lipinski definition) is 2. The molecule has 1 heterocycles. The van der Waals surface area contributed by atoms with E-state index in [9.17, 15) is 0 Å². The van der Waals surface area contributed by atoms with E-state index in [4.69, 9.17) is 20.8 Å². The molecule has 90 valence electrons. The lowest BCUT2D eigenvalue weighted by Crippen LogP contribution is -1.97. The van der Waals surface area contributed by atoms with E-state index >= 15 is 0 Å². The summed E-state index contributed by atoms with van der Waals surface area (Å²) in [5.41, 5.74) is 0.918. The molecule has 0 fully saturated rings. The molecule has 0 saturated heterocycles. The van der Waals surface area contributed by atoms with Crippen molar-refractivity contribution in [2.45, 2.75) is 4.83 Å². The van der Waals surface area contributed by atoms with Crippen LogP contribution in [0.15, 0.2) is 39.4 Å². The molecule has 0 aliphatic rings. The van der Waals surface area contributed by atoms with Gasteiger partial charge < -0.3 is 9.15 Å². The molecule has 0 spiro atoms. The Labute approximate surface area is 121 Å². The first kappa shape index (κ1) is 13.0. The smallest absolute Gasteiger partial charge is 0.137 e. The number of benzene rings is 1. The van der Waals surface area contributed by atoms with Gasteiger partial charge in [0.15, 0.2) is 0 Å². The third kappa shape index (κ3) is 2.69. The average molecular weight is 380 g/mol. The quantitative estimate of drug-likeness (QED) is 0.684. The molecule has 1 unspecified atom stereocenters. The van der Waals surface area contributed by atoms with Gasteiger partial charge in [-0.3, -0.25) is 0 Å². The largest absolute Gasteiger partial charge is 0.495 e. The Kier molecular flexibility index (Phi) is 4.17. The summed E-state index contributed by atoms with van der Waals surface area (Å²) in [6.07, 6.45) is 1.63. The predicted molar refractivity (Wildman–Crippen MR) is 75.2 cm³/mol. The van der Waals surface area contributed by atoms with Gasteiger partial charge in [-0.2, -0.15) is 0 Å². The van der Waals surface area contributed by atoms with Crippen molar-refractivity contribution < 1.29 is 9.15 Å². The topological polar surface area (TPSA) is 22.4 Å². The predicted octanol–water partition coefficient (Wildman–Crippen LogP) is 5.19. The fourth-order valence-electron chi connectivity index (χ4n) is 1.57. The maximum Gasteiger partial charge on any atom is 0.137 e. The molecule has 0 aliphatic heterocycles. The molecule has 1 aromatic heterocycles. The molecular formula is C12H9Br2ClO2. The summed E-state index contributed by atoms with van der Waals surface area (Å²) in [6, 6.07) is 7.39. The lowest BCUT2D eigenvalue weighted by Gasteiger charge is -2.14. The van der Waals surface area contributed by atoms with Crippen molar-refractivity contribution in [1.29, 1.82) is 0 Å². The van der Waals surface area contributed by atoms with Crippen molar-refractivity contribution in [2.24, 2.45) is 0 Å². The lowest BCUT2D eigenvalue weighted by atomic mass is 10.1. The van der Waals surface area contributed by atoms with Crippen LogP contribution in [-0.2, 0) is 0 Å². The highest BCUT2D eigenvalue weighted by atomic mass is 79.9. The molecule has 0 N–H and O–H groups in total. The van der Waals surface area contributed by atoms with Crippen LogP contribution in [0.25, 0.3) is 0 Å². The van der Waals surface area contributed by atoms with Gasteiger partial charge in [0.2, 0.25) is 0 Å². The monoisotopic (exact) mass is 378 g/mol. The molecule has 0 bridgehead atoms. The minimum atomic E-state index is -0.0950. The number of alkyl halides is 1. The van der Waals surface area contributed by atoms with Crippen LogP contribution >= 0.6 is 43.5 Å². The van der Waals surface area contributed by atoms with E-state index in [0.29, 0.717) is 5.02 Å². The Bertz CT molecular complexity index is 511. The number of hydrogen-bond donors (Lipinski definition) is 0. The van der Waals surface area contributed by atoms with Gasteiger partial charge in [-0.15, -0.1) is 0 Å². The molecule has 2 nitrogen and oxygen atoms in total. The Morgan fingerprint density at radius 3 is 2.76 bits per heavy atom. The Morgan fingerprint density at radius 1 is 1.41 bits per heavy atom. The number of rotatable bonds is 3. The van der Waals surface area contributed by atoms with Crippen LogP contribution in [0.2, 0.25) is 5.02 Å².